The van der Waals surface area contributed by atoms with Gasteiger partial charge in [0.1, 0.15) is 12.3 Å². The fraction of sp³-hybridized carbons (Fsp3) is 0.333. The number of nitrogens with zero attached hydrogens (tertiary/aromatic N) is 1. The third-order valence-corrected chi connectivity index (χ3v) is 2.58. The van der Waals surface area contributed by atoms with Crippen molar-refractivity contribution >= 4 is 17.5 Å². The Morgan fingerprint density at radius 1 is 1.44 bits per heavy atom. The summed E-state index contributed by atoms with van der Waals surface area (Å²) in [5.74, 6) is 0.158. The second kappa shape index (κ2) is 5.50. The molecule has 0 saturated carbocycles. The maximum Gasteiger partial charge on any atom is 0.265 e. The van der Waals surface area contributed by atoms with Crippen molar-refractivity contribution < 1.29 is 14.3 Å². The lowest BCUT2D eigenvalue weighted by Gasteiger charge is -2.28. The average Bonchev–Trinajstić information content (AvgIpc) is 2.40. The number of nitrogens with one attached hydrogen (secondary N) is 1. The van der Waals surface area contributed by atoms with Gasteiger partial charge in [-0.3, -0.25) is 14.5 Å². The predicted molar refractivity (Wildman–Crippen MR) is 66.4 cm³/mol. The van der Waals surface area contributed by atoms with Crippen molar-refractivity contribution in [1.82, 2.24) is 5.32 Å². The Labute approximate surface area is 105 Å². The number of fused-ring (bicyclic) bond motifs is 1. The van der Waals surface area contributed by atoms with Gasteiger partial charge in [-0.1, -0.05) is 12.1 Å². The SMILES string of the molecule is NCCNC(=O)CN1C(=O)COc2ccccc21. The van der Waals surface area contributed by atoms with E-state index >= 15 is 0 Å². The molecule has 0 atom stereocenters. The van der Waals surface area contributed by atoms with E-state index in [1.54, 1.807) is 18.2 Å². The van der Waals surface area contributed by atoms with Crippen LogP contribution in [0.2, 0.25) is 0 Å². The summed E-state index contributed by atoms with van der Waals surface area (Å²) in [5.41, 5.74) is 5.92. The lowest BCUT2D eigenvalue weighted by molar-refractivity contribution is -0.125. The van der Waals surface area contributed by atoms with Gasteiger partial charge >= 0.3 is 0 Å². The number of nitrogens with two attached hydrogens (primary N) is 1. The Morgan fingerprint density at radius 2 is 2.22 bits per heavy atom. The molecule has 0 spiro atoms. The van der Waals surface area contributed by atoms with E-state index in [1.165, 1.54) is 4.90 Å². The largest absolute Gasteiger partial charge is 0.482 e. The summed E-state index contributed by atoms with van der Waals surface area (Å²) >= 11 is 0. The Kier molecular flexibility index (Phi) is 3.78. The van der Waals surface area contributed by atoms with Crippen molar-refractivity contribution in [3.05, 3.63) is 24.3 Å². The van der Waals surface area contributed by atoms with Crippen LogP contribution in [-0.2, 0) is 9.59 Å². The van der Waals surface area contributed by atoms with Gasteiger partial charge in [0, 0.05) is 13.1 Å². The number of anilines is 1. The number of carbonyl (C=O) groups is 2. The van der Waals surface area contributed by atoms with Gasteiger partial charge in [0.05, 0.1) is 5.69 Å². The molecular formula is C12H15N3O3. The summed E-state index contributed by atoms with van der Waals surface area (Å²) in [7, 11) is 0. The van der Waals surface area contributed by atoms with Crippen LogP contribution in [0.5, 0.6) is 5.75 Å². The smallest absolute Gasteiger partial charge is 0.265 e. The predicted octanol–water partition coefficient (Wildman–Crippen LogP) is -0.513. The van der Waals surface area contributed by atoms with Crippen molar-refractivity contribution in [2.75, 3.05) is 31.1 Å². The third-order valence-electron chi connectivity index (χ3n) is 2.58. The summed E-state index contributed by atoms with van der Waals surface area (Å²) in [6.07, 6.45) is 0. The molecule has 18 heavy (non-hydrogen) atoms. The second-order valence-electron chi connectivity index (χ2n) is 3.87. The van der Waals surface area contributed by atoms with Crippen molar-refractivity contribution in [2.45, 2.75) is 0 Å². The van der Waals surface area contributed by atoms with E-state index in [2.05, 4.69) is 5.32 Å². The van der Waals surface area contributed by atoms with Gasteiger partial charge in [-0.15, -0.1) is 0 Å². The monoisotopic (exact) mass is 249 g/mol. The number of hydrogen-bond acceptors (Lipinski definition) is 4. The molecule has 1 aliphatic rings. The van der Waals surface area contributed by atoms with Crippen molar-refractivity contribution in [3.8, 4) is 5.75 Å². The van der Waals surface area contributed by atoms with Crippen LogP contribution in [0.25, 0.3) is 0 Å². The molecule has 1 aromatic rings. The van der Waals surface area contributed by atoms with Crippen LogP contribution in [0.1, 0.15) is 0 Å². The molecule has 0 aliphatic carbocycles. The van der Waals surface area contributed by atoms with Crippen LogP contribution in [0.3, 0.4) is 0 Å². The number of para-hydroxylation sites is 2. The number of ether oxygens (including phenoxy) is 1. The number of amides is 2. The zero-order valence-electron chi connectivity index (χ0n) is 9.89. The highest BCUT2D eigenvalue weighted by Gasteiger charge is 2.26. The lowest BCUT2D eigenvalue weighted by Crippen LogP contribution is -2.45. The molecule has 0 radical (unpaired) electrons. The third kappa shape index (κ3) is 2.60. The van der Waals surface area contributed by atoms with E-state index in [0.717, 1.165) is 0 Å². The second-order valence-corrected chi connectivity index (χ2v) is 3.87. The fourth-order valence-corrected chi connectivity index (χ4v) is 1.74. The van der Waals surface area contributed by atoms with Gasteiger partial charge < -0.3 is 15.8 Å². The first-order valence-corrected chi connectivity index (χ1v) is 5.71. The molecule has 0 fully saturated rings. The molecule has 0 bridgehead atoms. The number of benzene rings is 1. The number of carbonyl (C=O) groups excluding carboxylic acids is 2. The highest BCUT2D eigenvalue weighted by molar-refractivity contribution is 6.02. The van der Waals surface area contributed by atoms with Crippen LogP contribution in [-0.4, -0.2) is 38.1 Å². The first kappa shape index (κ1) is 12.4. The van der Waals surface area contributed by atoms with Gasteiger partial charge in [0.25, 0.3) is 5.91 Å². The molecule has 0 saturated heterocycles. The van der Waals surface area contributed by atoms with Crippen molar-refractivity contribution in [2.24, 2.45) is 5.73 Å². The first-order chi connectivity index (χ1) is 8.72. The minimum absolute atomic E-state index is 0.0147. The van der Waals surface area contributed by atoms with Gasteiger partial charge in [-0.2, -0.15) is 0 Å². The Hall–Kier alpha value is -2.08. The molecule has 1 aromatic carbocycles. The number of hydrogen-bond donors (Lipinski definition) is 2. The molecule has 3 N–H and O–H groups in total. The molecule has 2 rings (SSSR count). The summed E-state index contributed by atoms with van der Waals surface area (Å²) in [6, 6.07) is 7.14. The maximum atomic E-state index is 11.8. The standard InChI is InChI=1S/C12H15N3O3/c13-5-6-14-11(16)7-15-9-3-1-2-4-10(9)18-8-12(15)17/h1-4H,5-8,13H2,(H,14,16). The van der Waals surface area contributed by atoms with Crippen LogP contribution in [0.4, 0.5) is 5.69 Å². The Balaban J connectivity index is 2.12. The summed E-state index contributed by atoms with van der Waals surface area (Å²) in [4.78, 5) is 24.8. The molecule has 2 amide bonds. The lowest BCUT2D eigenvalue weighted by atomic mass is 10.2. The summed E-state index contributed by atoms with van der Waals surface area (Å²) < 4.78 is 5.29. The minimum Gasteiger partial charge on any atom is -0.482 e. The fourth-order valence-electron chi connectivity index (χ4n) is 1.74. The van der Waals surface area contributed by atoms with E-state index in [0.29, 0.717) is 24.5 Å². The van der Waals surface area contributed by atoms with E-state index in [-0.39, 0.29) is 25.0 Å². The van der Waals surface area contributed by atoms with Gasteiger partial charge in [-0.05, 0) is 12.1 Å². The molecule has 0 aromatic heterocycles. The van der Waals surface area contributed by atoms with Crippen molar-refractivity contribution in [1.29, 1.82) is 0 Å². The highest BCUT2D eigenvalue weighted by Crippen LogP contribution is 2.30. The Bertz CT molecular complexity index is 462. The average molecular weight is 249 g/mol. The molecule has 6 heteroatoms. The quantitative estimate of drug-likeness (QED) is 0.752. The Morgan fingerprint density at radius 3 is 3.00 bits per heavy atom. The molecule has 6 nitrogen and oxygen atoms in total. The van der Waals surface area contributed by atoms with Gasteiger partial charge in [-0.25, -0.2) is 0 Å². The molecule has 1 heterocycles. The molecule has 96 valence electrons. The van der Waals surface area contributed by atoms with Crippen LogP contribution >= 0.6 is 0 Å². The van der Waals surface area contributed by atoms with Gasteiger partial charge in [0.15, 0.2) is 6.61 Å². The summed E-state index contributed by atoms with van der Waals surface area (Å²) in [5, 5.41) is 2.63. The zero-order chi connectivity index (χ0) is 13.0. The van der Waals surface area contributed by atoms with Crippen LogP contribution in [0, 0.1) is 0 Å². The van der Waals surface area contributed by atoms with Crippen molar-refractivity contribution in [3.63, 3.8) is 0 Å². The maximum absolute atomic E-state index is 11.8. The van der Waals surface area contributed by atoms with E-state index in [4.69, 9.17) is 10.5 Å². The topological polar surface area (TPSA) is 84.7 Å². The van der Waals surface area contributed by atoms with E-state index in [1.807, 2.05) is 6.07 Å². The molecule has 1 aliphatic heterocycles. The van der Waals surface area contributed by atoms with Crippen LogP contribution < -0.4 is 20.7 Å². The number of rotatable bonds is 4. The molecular weight excluding hydrogens is 234 g/mol. The highest BCUT2D eigenvalue weighted by atomic mass is 16.5. The minimum atomic E-state index is -0.231. The first-order valence-electron chi connectivity index (χ1n) is 5.71. The summed E-state index contributed by atoms with van der Waals surface area (Å²) in [6.45, 7) is 0.721. The van der Waals surface area contributed by atoms with E-state index in [9.17, 15) is 9.59 Å². The normalized spacial score (nSPS) is 13.8. The van der Waals surface area contributed by atoms with Crippen LogP contribution in [0.15, 0.2) is 24.3 Å². The molecule has 0 unspecified atom stereocenters. The zero-order valence-corrected chi connectivity index (χ0v) is 9.89. The van der Waals surface area contributed by atoms with Gasteiger partial charge in [0.2, 0.25) is 5.91 Å². The van der Waals surface area contributed by atoms with E-state index < -0.39 is 0 Å².